The van der Waals surface area contributed by atoms with Crippen molar-refractivity contribution in [1.82, 2.24) is 9.55 Å². The summed E-state index contributed by atoms with van der Waals surface area (Å²) in [6.45, 7) is 0. The number of aliphatic hydroxyl groups is 1. The van der Waals surface area contributed by atoms with Crippen LogP contribution in [0.25, 0.3) is 11.3 Å². The van der Waals surface area contributed by atoms with Gasteiger partial charge < -0.3 is 9.67 Å². The van der Waals surface area contributed by atoms with Crippen LogP contribution in [0.4, 0.5) is 0 Å². The number of aryl methyl sites for hydroxylation is 1. The summed E-state index contributed by atoms with van der Waals surface area (Å²) in [6.07, 6.45) is 4.47. The number of aliphatic hydroxyl groups excluding tert-OH is 1. The van der Waals surface area contributed by atoms with Crippen molar-refractivity contribution in [3.8, 4) is 11.3 Å². The Morgan fingerprint density at radius 3 is 2.78 bits per heavy atom. The molecule has 5 rings (SSSR count). The van der Waals surface area contributed by atoms with E-state index in [2.05, 4.69) is 21.7 Å². The number of primary sulfonamides is 1. The zero-order chi connectivity index (χ0) is 18.8. The van der Waals surface area contributed by atoms with Crippen molar-refractivity contribution in [2.45, 2.75) is 29.9 Å². The summed E-state index contributed by atoms with van der Waals surface area (Å²) < 4.78 is 25.6. The minimum absolute atomic E-state index is 0.0278. The normalized spacial score (nSPS) is 23.6. The fourth-order valence-electron chi connectivity index (χ4n) is 4.60. The van der Waals surface area contributed by atoms with Gasteiger partial charge in [-0.2, -0.15) is 0 Å². The largest absolute Gasteiger partial charge is 0.388 e. The maximum atomic E-state index is 11.7. The van der Waals surface area contributed by atoms with E-state index in [0.717, 1.165) is 29.7 Å². The zero-order valence-corrected chi connectivity index (χ0v) is 15.3. The monoisotopic (exact) mass is 381 g/mol. The Morgan fingerprint density at radius 2 is 1.96 bits per heavy atom. The molecule has 0 saturated carbocycles. The summed E-state index contributed by atoms with van der Waals surface area (Å²) in [5, 5.41) is 16.5. The highest BCUT2D eigenvalue weighted by atomic mass is 32.2. The fraction of sp³-hybridized carbons (Fsp3) is 0.250. The van der Waals surface area contributed by atoms with Crippen LogP contribution >= 0.6 is 0 Å². The van der Waals surface area contributed by atoms with Crippen molar-refractivity contribution in [2.24, 2.45) is 11.1 Å². The molecule has 0 bridgehead atoms. The molecule has 3 aromatic rings. The SMILES string of the molecule is NS(=O)(=O)c1ccc2c(c1)C(O)C(C1c3ccccc3-c3cncn31)CC2. The molecule has 27 heavy (non-hydrogen) atoms. The van der Waals surface area contributed by atoms with Gasteiger partial charge in [0.15, 0.2) is 0 Å². The van der Waals surface area contributed by atoms with Crippen molar-refractivity contribution in [2.75, 3.05) is 0 Å². The van der Waals surface area contributed by atoms with Crippen LogP contribution in [0, 0.1) is 5.92 Å². The number of benzene rings is 2. The minimum Gasteiger partial charge on any atom is -0.388 e. The molecule has 2 aliphatic rings. The summed E-state index contributed by atoms with van der Waals surface area (Å²) in [5.41, 5.74) is 4.99. The second-order valence-electron chi connectivity index (χ2n) is 7.27. The fourth-order valence-corrected chi connectivity index (χ4v) is 5.15. The van der Waals surface area contributed by atoms with E-state index in [0.29, 0.717) is 5.56 Å². The molecule has 138 valence electrons. The van der Waals surface area contributed by atoms with Gasteiger partial charge in [-0.3, -0.25) is 0 Å². The first kappa shape index (κ1) is 16.7. The maximum absolute atomic E-state index is 11.7. The number of hydrogen-bond acceptors (Lipinski definition) is 4. The van der Waals surface area contributed by atoms with Crippen LogP contribution in [0.5, 0.6) is 0 Å². The summed E-state index contributed by atoms with van der Waals surface area (Å²) >= 11 is 0. The summed E-state index contributed by atoms with van der Waals surface area (Å²) in [6, 6.07) is 13.0. The smallest absolute Gasteiger partial charge is 0.238 e. The van der Waals surface area contributed by atoms with Crippen LogP contribution in [-0.2, 0) is 16.4 Å². The zero-order valence-electron chi connectivity index (χ0n) is 14.5. The Hall–Kier alpha value is -2.48. The first-order valence-corrected chi connectivity index (χ1v) is 10.4. The molecule has 0 spiro atoms. The lowest BCUT2D eigenvalue weighted by atomic mass is 9.76. The molecule has 6 nitrogen and oxygen atoms in total. The van der Waals surface area contributed by atoms with E-state index < -0.39 is 16.1 Å². The van der Waals surface area contributed by atoms with Gasteiger partial charge in [0.25, 0.3) is 0 Å². The lowest BCUT2D eigenvalue weighted by Gasteiger charge is -2.35. The second kappa shape index (κ2) is 5.76. The van der Waals surface area contributed by atoms with Gasteiger partial charge in [0, 0.05) is 11.5 Å². The molecule has 0 fully saturated rings. The van der Waals surface area contributed by atoms with Gasteiger partial charge in [-0.25, -0.2) is 18.5 Å². The molecule has 0 amide bonds. The maximum Gasteiger partial charge on any atom is 0.238 e. The van der Waals surface area contributed by atoms with Crippen molar-refractivity contribution < 1.29 is 13.5 Å². The Morgan fingerprint density at radius 1 is 1.15 bits per heavy atom. The molecule has 3 atom stereocenters. The molecule has 7 heteroatoms. The number of sulfonamides is 1. The number of hydrogen-bond donors (Lipinski definition) is 2. The van der Waals surface area contributed by atoms with Crippen LogP contribution in [0.2, 0.25) is 0 Å². The molecule has 0 radical (unpaired) electrons. The Balaban J connectivity index is 1.61. The summed E-state index contributed by atoms with van der Waals surface area (Å²) in [5.74, 6) is -0.0789. The number of rotatable bonds is 2. The third-order valence-electron chi connectivity index (χ3n) is 5.84. The van der Waals surface area contributed by atoms with Crippen LogP contribution in [0.1, 0.15) is 35.3 Å². The van der Waals surface area contributed by atoms with Crippen LogP contribution in [-0.4, -0.2) is 23.1 Å². The Labute approximate surface area is 157 Å². The lowest BCUT2D eigenvalue weighted by Crippen LogP contribution is -2.29. The van der Waals surface area contributed by atoms with Crippen molar-refractivity contribution in [1.29, 1.82) is 0 Å². The van der Waals surface area contributed by atoms with E-state index in [1.807, 2.05) is 24.7 Å². The molecule has 1 aliphatic carbocycles. The Bertz CT molecular complexity index is 1150. The minimum atomic E-state index is -3.81. The number of nitrogens with zero attached hydrogens (tertiary/aromatic N) is 2. The van der Waals surface area contributed by atoms with Gasteiger partial charge in [-0.05, 0) is 41.7 Å². The number of nitrogens with two attached hydrogens (primary N) is 1. The highest BCUT2D eigenvalue weighted by Gasteiger charge is 2.40. The first-order chi connectivity index (χ1) is 12.9. The highest BCUT2D eigenvalue weighted by Crippen LogP contribution is 2.49. The van der Waals surface area contributed by atoms with Gasteiger partial charge in [-0.15, -0.1) is 0 Å². The van der Waals surface area contributed by atoms with E-state index in [9.17, 15) is 13.5 Å². The molecule has 3 unspecified atom stereocenters. The highest BCUT2D eigenvalue weighted by molar-refractivity contribution is 7.89. The number of imidazole rings is 1. The Kier molecular flexibility index (Phi) is 3.56. The van der Waals surface area contributed by atoms with Crippen molar-refractivity contribution >= 4 is 10.0 Å². The van der Waals surface area contributed by atoms with Crippen LogP contribution < -0.4 is 5.14 Å². The molecule has 1 aliphatic heterocycles. The van der Waals surface area contributed by atoms with Gasteiger partial charge in [-0.1, -0.05) is 30.3 Å². The molecule has 0 saturated heterocycles. The van der Waals surface area contributed by atoms with Gasteiger partial charge in [0.1, 0.15) is 0 Å². The third kappa shape index (κ3) is 2.46. The van der Waals surface area contributed by atoms with Crippen LogP contribution in [0.15, 0.2) is 59.9 Å². The summed E-state index contributed by atoms with van der Waals surface area (Å²) in [4.78, 5) is 4.33. The third-order valence-corrected chi connectivity index (χ3v) is 6.75. The second-order valence-corrected chi connectivity index (χ2v) is 8.83. The van der Waals surface area contributed by atoms with E-state index in [1.165, 1.54) is 17.7 Å². The standard InChI is InChI=1S/C20H19N3O3S/c21-27(25,26)13-7-5-12-6-8-16(20(24)17(12)9-13)19-15-4-2-1-3-14(15)18-10-22-11-23(18)19/h1-5,7,9-11,16,19-20,24H,6,8H2,(H2,21,25,26). The van der Waals surface area contributed by atoms with E-state index >= 15 is 0 Å². The molecule has 3 N–H and O–H groups in total. The van der Waals surface area contributed by atoms with E-state index in [4.69, 9.17) is 5.14 Å². The molecular weight excluding hydrogens is 362 g/mol. The molecule has 1 aromatic heterocycles. The van der Waals surface area contributed by atoms with Crippen molar-refractivity contribution in [3.05, 3.63) is 71.7 Å². The van der Waals surface area contributed by atoms with E-state index in [-0.39, 0.29) is 16.9 Å². The molecule has 2 heterocycles. The predicted molar refractivity (Wildman–Crippen MR) is 100 cm³/mol. The van der Waals surface area contributed by atoms with Gasteiger partial charge >= 0.3 is 0 Å². The average Bonchev–Trinajstić information content (AvgIpc) is 3.23. The number of aromatic nitrogens is 2. The molecule has 2 aromatic carbocycles. The molecular formula is C20H19N3O3S. The van der Waals surface area contributed by atoms with Crippen LogP contribution in [0.3, 0.4) is 0 Å². The quantitative estimate of drug-likeness (QED) is 0.712. The lowest BCUT2D eigenvalue weighted by molar-refractivity contribution is 0.0718. The van der Waals surface area contributed by atoms with Gasteiger partial charge in [0.2, 0.25) is 10.0 Å². The van der Waals surface area contributed by atoms with E-state index in [1.54, 1.807) is 6.07 Å². The van der Waals surface area contributed by atoms with Gasteiger partial charge in [0.05, 0.1) is 35.3 Å². The van der Waals surface area contributed by atoms with Crippen molar-refractivity contribution in [3.63, 3.8) is 0 Å². The summed E-state index contributed by atoms with van der Waals surface area (Å²) in [7, 11) is -3.81. The first-order valence-electron chi connectivity index (χ1n) is 8.90. The number of fused-ring (bicyclic) bond motifs is 4. The predicted octanol–water partition coefficient (Wildman–Crippen LogP) is 2.40. The topological polar surface area (TPSA) is 98.2 Å². The average molecular weight is 381 g/mol.